The minimum absolute atomic E-state index is 0.0181. The van der Waals surface area contributed by atoms with E-state index in [4.69, 9.17) is 4.74 Å². The fraction of sp³-hybridized carbons (Fsp3) is 0.562. The lowest BCUT2D eigenvalue weighted by Gasteiger charge is -2.30. The Balaban J connectivity index is 1.83. The molecule has 1 N–H and O–H groups in total. The molecule has 1 saturated heterocycles. The summed E-state index contributed by atoms with van der Waals surface area (Å²) in [6.07, 6.45) is -0.927. The van der Waals surface area contributed by atoms with Crippen LogP contribution in [0.4, 0.5) is 8.78 Å². The Kier molecular flexibility index (Phi) is 6.44. The summed E-state index contributed by atoms with van der Waals surface area (Å²) in [6, 6.07) is 3.04. The molecule has 1 aromatic carbocycles. The van der Waals surface area contributed by atoms with Crippen LogP contribution in [-0.2, 0) is 16.0 Å². The molecular formula is C16H22F2N2O3. The molecular weight excluding hydrogens is 306 g/mol. The number of likely N-dealkylation sites (N-methyl/N-ethyl adjacent to an activating group) is 1. The number of β-amino-alcohol motifs (C(OH)–C–C–N with tert-alkyl or cyclic N) is 1. The zero-order chi connectivity index (χ0) is 16.8. The van der Waals surface area contributed by atoms with Crippen molar-refractivity contribution in [3.8, 4) is 0 Å². The van der Waals surface area contributed by atoms with E-state index in [1.54, 1.807) is 7.05 Å². The zero-order valence-corrected chi connectivity index (χ0v) is 13.2. The van der Waals surface area contributed by atoms with Crippen molar-refractivity contribution in [3.05, 3.63) is 35.4 Å². The first-order valence-electron chi connectivity index (χ1n) is 7.62. The molecule has 0 bridgehead atoms. The van der Waals surface area contributed by atoms with Gasteiger partial charge < -0.3 is 14.7 Å². The molecule has 1 unspecified atom stereocenters. The second kappa shape index (κ2) is 8.33. The van der Waals surface area contributed by atoms with Crippen molar-refractivity contribution in [2.24, 2.45) is 0 Å². The van der Waals surface area contributed by atoms with Gasteiger partial charge in [0.25, 0.3) is 0 Å². The third-order valence-electron chi connectivity index (χ3n) is 3.83. The number of aliphatic hydroxyl groups excluding tert-OH is 1. The Morgan fingerprint density at radius 3 is 2.78 bits per heavy atom. The van der Waals surface area contributed by atoms with Gasteiger partial charge in [-0.05, 0) is 18.2 Å². The molecule has 7 heteroatoms. The lowest BCUT2D eigenvalue weighted by Crippen LogP contribution is -2.45. The van der Waals surface area contributed by atoms with Gasteiger partial charge >= 0.3 is 0 Å². The number of rotatable bonds is 6. The highest BCUT2D eigenvalue weighted by Crippen LogP contribution is 2.11. The summed E-state index contributed by atoms with van der Waals surface area (Å²) >= 11 is 0. The van der Waals surface area contributed by atoms with Crippen LogP contribution in [0.3, 0.4) is 0 Å². The summed E-state index contributed by atoms with van der Waals surface area (Å²) in [4.78, 5) is 15.5. The zero-order valence-electron chi connectivity index (χ0n) is 13.2. The van der Waals surface area contributed by atoms with Crippen LogP contribution in [0.15, 0.2) is 18.2 Å². The number of carbonyl (C=O) groups is 1. The number of benzene rings is 1. The molecule has 1 heterocycles. The van der Waals surface area contributed by atoms with Crippen molar-refractivity contribution >= 4 is 5.91 Å². The highest BCUT2D eigenvalue weighted by Gasteiger charge is 2.19. The average Bonchev–Trinajstić information content (AvgIpc) is 2.51. The standard InChI is InChI=1S/C16H22F2N2O3/c1-19(10-14(21)11-20-4-6-23-7-5-20)16(22)9-12-8-13(17)2-3-15(12)18/h2-3,8,14,21H,4-7,9-11H2,1H3. The fourth-order valence-electron chi connectivity index (χ4n) is 2.53. The van der Waals surface area contributed by atoms with Crippen molar-refractivity contribution in [1.82, 2.24) is 9.80 Å². The second-order valence-corrected chi connectivity index (χ2v) is 5.75. The summed E-state index contributed by atoms with van der Waals surface area (Å²) in [7, 11) is 1.54. The third kappa shape index (κ3) is 5.53. The summed E-state index contributed by atoms with van der Waals surface area (Å²) in [5.41, 5.74) is 0.0181. The number of nitrogens with zero attached hydrogens (tertiary/aromatic N) is 2. The van der Waals surface area contributed by atoms with Gasteiger partial charge in [0.15, 0.2) is 0 Å². The number of morpholine rings is 1. The first-order chi connectivity index (χ1) is 11.0. The van der Waals surface area contributed by atoms with Crippen molar-refractivity contribution in [2.75, 3.05) is 46.4 Å². The minimum Gasteiger partial charge on any atom is -0.390 e. The van der Waals surface area contributed by atoms with Crippen LogP contribution in [0.25, 0.3) is 0 Å². The van der Waals surface area contributed by atoms with E-state index >= 15 is 0 Å². The minimum atomic E-state index is -0.695. The predicted molar refractivity (Wildman–Crippen MR) is 81.0 cm³/mol. The van der Waals surface area contributed by atoms with Crippen molar-refractivity contribution in [3.63, 3.8) is 0 Å². The van der Waals surface area contributed by atoms with E-state index < -0.39 is 17.7 Å². The van der Waals surface area contributed by atoms with Gasteiger partial charge in [0.2, 0.25) is 5.91 Å². The van der Waals surface area contributed by atoms with Gasteiger partial charge in [-0.3, -0.25) is 9.69 Å². The fourth-order valence-corrected chi connectivity index (χ4v) is 2.53. The first kappa shape index (κ1) is 17.8. The number of ether oxygens (including phenoxy) is 1. The quantitative estimate of drug-likeness (QED) is 0.833. The molecule has 2 rings (SSSR count). The first-order valence-corrected chi connectivity index (χ1v) is 7.62. The molecule has 0 aromatic heterocycles. The molecule has 23 heavy (non-hydrogen) atoms. The Labute approximate surface area is 134 Å². The maximum absolute atomic E-state index is 13.6. The van der Waals surface area contributed by atoms with E-state index in [9.17, 15) is 18.7 Å². The highest BCUT2D eigenvalue weighted by atomic mass is 19.1. The number of halogens is 2. The van der Waals surface area contributed by atoms with Gasteiger partial charge in [-0.2, -0.15) is 0 Å². The Morgan fingerprint density at radius 2 is 2.09 bits per heavy atom. The molecule has 0 spiro atoms. The van der Waals surface area contributed by atoms with E-state index in [2.05, 4.69) is 4.90 Å². The Hall–Kier alpha value is -1.57. The van der Waals surface area contributed by atoms with E-state index in [-0.39, 0.29) is 24.4 Å². The highest BCUT2D eigenvalue weighted by molar-refractivity contribution is 5.78. The van der Waals surface area contributed by atoms with Gasteiger partial charge in [-0.25, -0.2) is 8.78 Å². The van der Waals surface area contributed by atoms with Crippen LogP contribution in [0, 0.1) is 11.6 Å². The Morgan fingerprint density at radius 1 is 1.39 bits per heavy atom. The topological polar surface area (TPSA) is 53.0 Å². The van der Waals surface area contributed by atoms with Gasteiger partial charge in [-0.15, -0.1) is 0 Å². The molecule has 1 aliphatic rings. The molecule has 1 fully saturated rings. The molecule has 1 aromatic rings. The number of amides is 1. The SMILES string of the molecule is CN(CC(O)CN1CCOCC1)C(=O)Cc1cc(F)ccc1F. The van der Waals surface area contributed by atoms with Crippen LogP contribution in [-0.4, -0.2) is 73.4 Å². The van der Waals surface area contributed by atoms with E-state index in [1.807, 2.05) is 0 Å². The smallest absolute Gasteiger partial charge is 0.226 e. The molecule has 1 aliphatic heterocycles. The Bertz CT molecular complexity index is 536. The number of aliphatic hydroxyl groups is 1. The lowest BCUT2D eigenvalue weighted by molar-refractivity contribution is -0.130. The number of carbonyl (C=O) groups excluding carboxylic acids is 1. The largest absolute Gasteiger partial charge is 0.390 e. The number of hydrogen-bond donors (Lipinski definition) is 1. The molecule has 0 saturated carbocycles. The molecule has 1 amide bonds. The lowest BCUT2D eigenvalue weighted by atomic mass is 10.1. The van der Waals surface area contributed by atoms with Crippen LogP contribution < -0.4 is 0 Å². The van der Waals surface area contributed by atoms with E-state index in [0.717, 1.165) is 31.3 Å². The van der Waals surface area contributed by atoms with Gasteiger partial charge in [0.05, 0.1) is 25.7 Å². The van der Waals surface area contributed by atoms with Crippen LogP contribution in [0.1, 0.15) is 5.56 Å². The maximum Gasteiger partial charge on any atom is 0.226 e. The summed E-state index contributed by atoms with van der Waals surface area (Å²) in [5, 5.41) is 10.1. The molecule has 0 radical (unpaired) electrons. The summed E-state index contributed by atoms with van der Waals surface area (Å²) in [5.74, 6) is -1.55. The van der Waals surface area contributed by atoms with Crippen LogP contribution in [0.2, 0.25) is 0 Å². The maximum atomic E-state index is 13.6. The van der Waals surface area contributed by atoms with Crippen LogP contribution >= 0.6 is 0 Å². The molecule has 5 nitrogen and oxygen atoms in total. The van der Waals surface area contributed by atoms with Gasteiger partial charge in [0, 0.05) is 38.8 Å². The van der Waals surface area contributed by atoms with Gasteiger partial charge in [-0.1, -0.05) is 0 Å². The predicted octanol–water partition coefficient (Wildman–Crippen LogP) is 0.659. The average molecular weight is 328 g/mol. The third-order valence-corrected chi connectivity index (χ3v) is 3.83. The normalized spacial score (nSPS) is 17.0. The van der Waals surface area contributed by atoms with E-state index in [1.165, 1.54) is 4.90 Å². The number of hydrogen-bond acceptors (Lipinski definition) is 4. The van der Waals surface area contributed by atoms with Gasteiger partial charge in [0.1, 0.15) is 11.6 Å². The molecule has 1 atom stereocenters. The summed E-state index contributed by atoms with van der Waals surface area (Å²) in [6.45, 7) is 3.38. The monoisotopic (exact) mass is 328 g/mol. The molecule has 128 valence electrons. The van der Waals surface area contributed by atoms with Crippen molar-refractivity contribution in [2.45, 2.75) is 12.5 Å². The van der Waals surface area contributed by atoms with Crippen molar-refractivity contribution < 1.29 is 23.4 Å². The second-order valence-electron chi connectivity index (χ2n) is 5.75. The van der Waals surface area contributed by atoms with Crippen molar-refractivity contribution in [1.29, 1.82) is 0 Å². The van der Waals surface area contributed by atoms with E-state index in [0.29, 0.717) is 19.8 Å². The van der Waals surface area contributed by atoms with Crippen LogP contribution in [0.5, 0.6) is 0 Å². The summed E-state index contributed by atoms with van der Waals surface area (Å²) < 4.78 is 31.9. The molecule has 0 aliphatic carbocycles.